The largest absolute Gasteiger partial charge is 0.330 e. The summed E-state index contributed by atoms with van der Waals surface area (Å²) in [5.74, 6) is 0. The second kappa shape index (κ2) is 7.22. The van der Waals surface area contributed by atoms with E-state index in [4.69, 9.17) is 5.73 Å². The van der Waals surface area contributed by atoms with Gasteiger partial charge in [0.1, 0.15) is 0 Å². The van der Waals surface area contributed by atoms with Crippen LogP contribution in [0.1, 0.15) is 43.2 Å². The summed E-state index contributed by atoms with van der Waals surface area (Å²) < 4.78 is 0. The monoisotopic (exact) mass is 267 g/mol. The normalized spacial score (nSPS) is 19.2. The van der Waals surface area contributed by atoms with Crippen LogP contribution in [0.25, 0.3) is 0 Å². The molecule has 0 spiro atoms. The first-order valence-corrected chi connectivity index (χ1v) is 8.08. The van der Waals surface area contributed by atoms with E-state index >= 15 is 0 Å². The van der Waals surface area contributed by atoms with Gasteiger partial charge in [-0.3, -0.25) is 0 Å². The molecule has 0 aliphatic heterocycles. The Bertz CT molecular complexity index is 351. The van der Waals surface area contributed by atoms with Gasteiger partial charge < -0.3 is 10.6 Å². The molecule has 1 heterocycles. The molecular weight excluding hydrogens is 242 g/mol. The summed E-state index contributed by atoms with van der Waals surface area (Å²) in [4.78, 5) is 8.65. The molecule has 0 saturated heterocycles. The lowest BCUT2D eigenvalue weighted by Crippen LogP contribution is -2.40. The Hall–Kier alpha value is -0.450. The maximum absolute atomic E-state index is 5.59. The van der Waals surface area contributed by atoms with Crippen molar-refractivity contribution in [2.24, 2.45) is 5.73 Å². The molecule has 1 aliphatic carbocycles. The minimum absolute atomic E-state index is 0.732. The topological polar surface area (TPSA) is 42.1 Å². The number of thiazole rings is 1. The standard InChI is InChI=1S/C14H25N3S/c1-2-8-17(9-4-3-7-15)12-5-6-13-14(10-12)18-11-16-13/h11-12H,2-10,15H2,1H3. The molecular formula is C14H25N3S. The van der Waals surface area contributed by atoms with Crippen LogP contribution in [0.15, 0.2) is 5.51 Å². The molecule has 3 nitrogen and oxygen atoms in total. The number of unbranched alkanes of at least 4 members (excludes halogenated alkanes) is 1. The third-order valence-corrected chi connectivity index (χ3v) is 4.69. The second-order valence-corrected chi connectivity index (χ2v) is 6.09. The van der Waals surface area contributed by atoms with E-state index < -0.39 is 0 Å². The maximum atomic E-state index is 5.59. The first-order valence-electron chi connectivity index (χ1n) is 7.20. The van der Waals surface area contributed by atoms with Crippen LogP contribution in [0, 0.1) is 0 Å². The SMILES string of the molecule is CCCN(CCCCN)C1CCc2ncsc2C1. The van der Waals surface area contributed by atoms with Crippen molar-refractivity contribution >= 4 is 11.3 Å². The maximum Gasteiger partial charge on any atom is 0.0797 e. The first kappa shape index (κ1) is 14.0. The van der Waals surface area contributed by atoms with Gasteiger partial charge in [0.05, 0.1) is 11.2 Å². The van der Waals surface area contributed by atoms with Crippen molar-refractivity contribution in [3.63, 3.8) is 0 Å². The van der Waals surface area contributed by atoms with E-state index in [2.05, 4.69) is 16.8 Å². The number of hydrogen-bond acceptors (Lipinski definition) is 4. The molecule has 2 rings (SSSR count). The van der Waals surface area contributed by atoms with E-state index in [0.717, 1.165) is 19.0 Å². The molecule has 1 aromatic rings. The summed E-state index contributed by atoms with van der Waals surface area (Å²) in [6.45, 7) is 5.54. The molecule has 0 radical (unpaired) electrons. The van der Waals surface area contributed by atoms with Gasteiger partial charge in [-0.15, -0.1) is 11.3 Å². The molecule has 1 atom stereocenters. The number of fused-ring (bicyclic) bond motifs is 1. The molecule has 1 unspecified atom stereocenters. The Morgan fingerprint density at radius 3 is 3.11 bits per heavy atom. The summed E-state index contributed by atoms with van der Waals surface area (Å²) in [6, 6.07) is 0.732. The summed E-state index contributed by atoms with van der Waals surface area (Å²) in [5.41, 5.74) is 8.95. The van der Waals surface area contributed by atoms with Gasteiger partial charge in [-0.1, -0.05) is 6.92 Å². The van der Waals surface area contributed by atoms with Crippen LogP contribution < -0.4 is 5.73 Å². The Morgan fingerprint density at radius 2 is 2.33 bits per heavy atom. The Morgan fingerprint density at radius 1 is 1.44 bits per heavy atom. The Labute approximate surface area is 114 Å². The van der Waals surface area contributed by atoms with E-state index in [1.54, 1.807) is 0 Å². The third kappa shape index (κ3) is 3.53. The highest BCUT2D eigenvalue weighted by atomic mass is 32.1. The van der Waals surface area contributed by atoms with Gasteiger partial charge in [0.15, 0.2) is 0 Å². The molecule has 18 heavy (non-hydrogen) atoms. The fourth-order valence-electron chi connectivity index (χ4n) is 2.82. The minimum Gasteiger partial charge on any atom is -0.330 e. The van der Waals surface area contributed by atoms with Crippen molar-refractivity contribution in [2.75, 3.05) is 19.6 Å². The van der Waals surface area contributed by atoms with Crippen molar-refractivity contribution in [1.82, 2.24) is 9.88 Å². The fourth-order valence-corrected chi connectivity index (χ4v) is 3.70. The number of aromatic nitrogens is 1. The van der Waals surface area contributed by atoms with Crippen LogP contribution in [0.2, 0.25) is 0 Å². The zero-order chi connectivity index (χ0) is 12.8. The van der Waals surface area contributed by atoms with Crippen molar-refractivity contribution in [2.45, 2.75) is 51.5 Å². The van der Waals surface area contributed by atoms with E-state index in [1.807, 2.05) is 16.8 Å². The van der Waals surface area contributed by atoms with Crippen LogP contribution in [0.5, 0.6) is 0 Å². The molecule has 0 fully saturated rings. The van der Waals surface area contributed by atoms with Gasteiger partial charge in [0.2, 0.25) is 0 Å². The van der Waals surface area contributed by atoms with Gasteiger partial charge in [0.25, 0.3) is 0 Å². The van der Waals surface area contributed by atoms with Crippen molar-refractivity contribution < 1.29 is 0 Å². The zero-order valence-corrected chi connectivity index (χ0v) is 12.2. The average Bonchev–Trinajstić information content (AvgIpc) is 2.85. The lowest BCUT2D eigenvalue weighted by Gasteiger charge is -2.33. The molecule has 0 aromatic carbocycles. The van der Waals surface area contributed by atoms with Crippen LogP contribution in [-0.4, -0.2) is 35.6 Å². The first-order chi connectivity index (χ1) is 8.85. The quantitative estimate of drug-likeness (QED) is 0.772. The van der Waals surface area contributed by atoms with Gasteiger partial charge in [-0.2, -0.15) is 0 Å². The van der Waals surface area contributed by atoms with Crippen LogP contribution in [-0.2, 0) is 12.8 Å². The molecule has 2 N–H and O–H groups in total. The summed E-state index contributed by atoms with van der Waals surface area (Å²) in [6.07, 6.45) is 7.29. The molecule has 4 heteroatoms. The van der Waals surface area contributed by atoms with Gasteiger partial charge >= 0.3 is 0 Å². The summed E-state index contributed by atoms with van der Waals surface area (Å²) in [5, 5.41) is 0. The Balaban J connectivity index is 1.90. The van der Waals surface area contributed by atoms with Crippen molar-refractivity contribution in [1.29, 1.82) is 0 Å². The molecule has 0 amide bonds. The Kier molecular flexibility index (Phi) is 5.60. The van der Waals surface area contributed by atoms with Crippen LogP contribution in [0.4, 0.5) is 0 Å². The molecule has 0 saturated carbocycles. The van der Waals surface area contributed by atoms with Crippen LogP contribution in [0.3, 0.4) is 0 Å². The molecule has 0 bridgehead atoms. The summed E-state index contributed by atoms with van der Waals surface area (Å²) in [7, 11) is 0. The smallest absolute Gasteiger partial charge is 0.0797 e. The fraction of sp³-hybridized carbons (Fsp3) is 0.786. The van der Waals surface area contributed by atoms with Gasteiger partial charge in [-0.25, -0.2) is 4.98 Å². The van der Waals surface area contributed by atoms with E-state index in [9.17, 15) is 0 Å². The van der Waals surface area contributed by atoms with E-state index in [0.29, 0.717) is 0 Å². The highest BCUT2D eigenvalue weighted by Crippen LogP contribution is 2.27. The third-order valence-electron chi connectivity index (χ3n) is 3.79. The number of rotatable bonds is 7. The molecule has 102 valence electrons. The number of aryl methyl sites for hydroxylation is 1. The lowest BCUT2D eigenvalue weighted by atomic mass is 9.96. The van der Waals surface area contributed by atoms with E-state index in [1.165, 1.54) is 55.8 Å². The molecule has 1 aromatic heterocycles. The zero-order valence-electron chi connectivity index (χ0n) is 11.4. The lowest BCUT2D eigenvalue weighted by molar-refractivity contribution is 0.177. The summed E-state index contributed by atoms with van der Waals surface area (Å²) >= 11 is 1.84. The average molecular weight is 267 g/mol. The second-order valence-electron chi connectivity index (χ2n) is 5.15. The number of nitrogens with zero attached hydrogens (tertiary/aromatic N) is 2. The molecule has 1 aliphatic rings. The predicted molar refractivity (Wildman–Crippen MR) is 78.1 cm³/mol. The van der Waals surface area contributed by atoms with Gasteiger partial charge in [-0.05, 0) is 58.2 Å². The van der Waals surface area contributed by atoms with E-state index in [-0.39, 0.29) is 0 Å². The highest BCUT2D eigenvalue weighted by Gasteiger charge is 2.24. The van der Waals surface area contributed by atoms with Gasteiger partial charge in [0, 0.05) is 10.9 Å². The number of hydrogen-bond donors (Lipinski definition) is 1. The predicted octanol–water partition coefficient (Wildman–Crippen LogP) is 2.45. The van der Waals surface area contributed by atoms with Crippen molar-refractivity contribution in [3.8, 4) is 0 Å². The number of nitrogens with two attached hydrogens (primary N) is 1. The van der Waals surface area contributed by atoms with Crippen molar-refractivity contribution in [3.05, 3.63) is 16.1 Å². The highest BCUT2D eigenvalue weighted by molar-refractivity contribution is 7.09. The minimum atomic E-state index is 0.732. The van der Waals surface area contributed by atoms with Crippen LogP contribution >= 0.6 is 11.3 Å².